The van der Waals surface area contributed by atoms with Crippen LogP contribution in [-0.2, 0) is 11.1 Å². The number of aryl methyl sites for hydroxylation is 2. The van der Waals surface area contributed by atoms with E-state index >= 15 is 0 Å². The topological polar surface area (TPSA) is 59.8 Å². The van der Waals surface area contributed by atoms with Gasteiger partial charge in [0.1, 0.15) is 5.69 Å². The number of hydrogen-bond acceptors (Lipinski definition) is 3. The average molecular weight is 314 g/mol. The quantitative estimate of drug-likeness (QED) is 0.945. The molecule has 0 aromatic carbocycles. The number of pyridine rings is 1. The predicted molar refractivity (Wildman–Crippen MR) is 91.4 cm³/mol. The molecule has 0 aliphatic heterocycles. The Morgan fingerprint density at radius 3 is 2.26 bits per heavy atom. The zero-order chi connectivity index (χ0) is 17.4. The number of carbonyl (C=O) groups excluding carboxylic acids is 1. The lowest BCUT2D eigenvalue weighted by molar-refractivity contribution is 0.0905. The van der Waals surface area contributed by atoms with E-state index in [1.54, 1.807) is 6.20 Å². The molecule has 2 aromatic heterocycles. The molecule has 0 aliphatic rings. The summed E-state index contributed by atoms with van der Waals surface area (Å²) in [6.45, 7) is 14.0. The van der Waals surface area contributed by atoms with Gasteiger partial charge >= 0.3 is 0 Å². The van der Waals surface area contributed by atoms with Gasteiger partial charge < -0.3 is 5.32 Å². The van der Waals surface area contributed by atoms with E-state index in [2.05, 4.69) is 36.2 Å². The predicted octanol–water partition coefficient (Wildman–Crippen LogP) is 3.32. The Morgan fingerprint density at radius 2 is 1.78 bits per heavy atom. The maximum Gasteiger partial charge on any atom is 0.272 e. The first kappa shape index (κ1) is 17.2. The van der Waals surface area contributed by atoms with Gasteiger partial charge in [-0.05, 0) is 66.2 Å². The Bertz CT molecular complexity index is 706. The SMILES string of the molecule is Cc1ccc(C(C)(C)NC(=O)c2cc(C)n(C(C)(C)C)n2)cn1. The van der Waals surface area contributed by atoms with E-state index in [4.69, 9.17) is 0 Å². The van der Waals surface area contributed by atoms with Crippen molar-refractivity contribution in [2.75, 3.05) is 0 Å². The molecule has 23 heavy (non-hydrogen) atoms. The van der Waals surface area contributed by atoms with Gasteiger partial charge in [-0.25, -0.2) is 0 Å². The van der Waals surface area contributed by atoms with Crippen LogP contribution in [0.15, 0.2) is 24.4 Å². The van der Waals surface area contributed by atoms with E-state index < -0.39 is 5.54 Å². The monoisotopic (exact) mass is 314 g/mol. The molecule has 0 spiro atoms. The second-order valence-electron chi connectivity index (χ2n) is 7.52. The molecule has 2 aromatic rings. The number of hydrogen-bond donors (Lipinski definition) is 1. The summed E-state index contributed by atoms with van der Waals surface area (Å²) < 4.78 is 1.88. The second-order valence-corrected chi connectivity index (χ2v) is 7.52. The van der Waals surface area contributed by atoms with Crippen molar-refractivity contribution in [3.8, 4) is 0 Å². The molecule has 0 bridgehead atoms. The summed E-state index contributed by atoms with van der Waals surface area (Å²) in [5.74, 6) is -0.179. The van der Waals surface area contributed by atoms with Crippen molar-refractivity contribution in [3.05, 3.63) is 47.0 Å². The zero-order valence-corrected chi connectivity index (χ0v) is 15.1. The van der Waals surface area contributed by atoms with Gasteiger partial charge in [0.25, 0.3) is 5.91 Å². The number of carbonyl (C=O) groups is 1. The van der Waals surface area contributed by atoms with E-state index in [0.29, 0.717) is 5.69 Å². The molecule has 1 N–H and O–H groups in total. The van der Waals surface area contributed by atoms with Gasteiger partial charge in [-0.1, -0.05) is 6.07 Å². The van der Waals surface area contributed by atoms with E-state index in [1.165, 1.54) is 0 Å². The van der Waals surface area contributed by atoms with E-state index in [1.807, 2.05) is 50.6 Å². The highest BCUT2D eigenvalue weighted by atomic mass is 16.2. The van der Waals surface area contributed by atoms with Crippen molar-refractivity contribution in [1.82, 2.24) is 20.1 Å². The lowest BCUT2D eigenvalue weighted by atomic mass is 9.95. The third kappa shape index (κ3) is 3.78. The van der Waals surface area contributed by atoms with Crippen molar-refractivity contribution in [1.29, 1.82) is 0 Å². The van der Waals surface area contributed by atoms with E-state index in [-0.39, 0.29) is 11.4 Å². The first-order valence-corrected chi connectivity index (χ1v) is 7.83. The summed E-state index contributed by atoms with van der Waals surface area (Å²) in [4.78, 5) is 16.9. The maximum atomic E-state index is 12.6. The smallest absolute Gasteiger partial charge is 0.272 e. The first-order chi connectivity index (χ1) is 10.5. The van der Waals surface area contributed by atoms with E-state index in [9.17, 15) is 4.79 Å². The number of nitrogens with one attached hydrogen (secondary N) is 1. The van der Waals surface area contributed by atoms with Gasteiger partial charge in [-0.3, -0.25) is 14.5 Å². The second kappa shape index (κ2) is 5.80. The molecule has 124 valence electrons. The van der Waals surface area contributed by atoms with Crippen LogP contribution >= 0.6 is 0 Å². The van der Waals surface area contributed by atoms with Gasteiger partial charge in [0.2, 0.25) is 0 Å². The third-order valence-electron chi connectivity index (χ3n) is 3.81. The molecule has 0 radical (unpaired) electrons. The fourth-order valence-corrected chi connectivity index (χ4v) is 2.52. The van der Waals surface area contributed by atoms with Gasteiger partial charge in [0.15, 0.2) is 0 Å². The highest BCUT2D eigenvalue weighted by Gasteiger charge is 2.26. The van der Waals surface area contributed by atoms with Crippen LogP contribution in [0.5, 0.6) is 0 Å². The third-order valence-corrected chi connectivity index (χ3v) is 3.81. The Hall–Kier alpha value is -2.17. The van der Waals surface area contributed by atoms with Crippen molar-refractivity contribution in [3.63, 3.8) is 0 Å². The Labute approximate surface area is 138 Å². The molecule has 5 nitrogen and oxygen atoms in total. The summed E-state index contributed by atoms with van der Waals surface area (Å²) in [6.07, 6.45) is 1.80. The van der Waals surface area contributed by atoms with Crippen LogP contribution in [0.25, 0.3) is 0 Å². The number of amides is 1. The van der Waals surface area contributed by atoms with Crippen LogP contribution in [0.2, 0.25) is 0 Å². The molecule has 0 unspecified atom stereocenters. The van der Waals surface area contributed by atoms with Crippen molar-refractivity contribution < 1.29 is 4.79 Å². The largest absolute Gasteiger partial charge is 0.342 e. The fraction of sp³-hybridized carbons (Fsp3) is 0.500. The molecule has 2 heterocycles. The molecular weight excluding hydrogens is 288 g/mol. The van der Waals surface area contributed by atoms with Crippen LogP contribution in [0.4, 0.5) is 0 Å². The van der Waals surface area contributed by atoms with Crippen LogP contribution < -0.4 is 5.32 Å². The Balaban J connectivity index is 2.23. The Kier molecular flexibility index (Phi) is 4.33. The summed E-state index contributed by atoms with van der Waals surface area (Å²) in [7, 11) is 0. The normalized spacial score (nSPS) is 12.3. The van der Waals surface area contributed by atoms with Crippen molar-refractivity contribution in [2.24, 2.45) is 0 Å². The molecule has 0 fully saturated rings. The van der Waals surface area contributed by atoms with Gasteiger partial charge in [-0.2, -0.15) is 5.10 Å². The zero-order valence-electron chi connectivity index (χ0n) is 15.1. The minimum Gasteiger partial charge on any atom is -0.342 e. The summed E-state index contributed by atoms with van der Waals surface area (Å²) in [5, 5.41) is 7.51. The average Bonchev–Trinajstić information content (AvgIpc) is 2.81. The Morgan fingerprint density at radius 1 is 1.13 bits per heavy atom. The summed E-state index contributed by atoms with van der Waals surface area (Å²) >= 11 is 0. The maximum absolute atomic E-state index is 12.6. The first-order valence-electron chi connectivity index (χ1n) is 7.83. The van der Waals surface area contributed by atoms with E-state index in [0.717, 1.165) is 17.0 Å². The van der Waals surface area contributed by atoms with Crippen LogP contribution in [0, 0.1) is 13.8 Å². The minimum atomic E-state index is -0.517. The number of rotatable bonds is 3. The fourth-order valence-electron chi connectivity index (χ4n) is 2.52. The van der Waals surface area contributed by atoms with Crippen LogP contribution in [0.1, 0.15) is 62.1 Å². The molecular formula is C18H26N4O. The number of nitrogens with zero attached hydrogens (tertiary/aromatic N) is 3. The van der Waals surface area contributed by atoms with Crippen LogP contribution in [0.3, 0.4) is 0 Å². The van der Waals surface area contributed by atoms with Gasteiger partial charge in [0.05, 0.1) is 11.1 Å². The summed E-state index contributed by atoms with van der Waals surface area (Å²) in [5.41, 5.74) is 2.65. The highest BCUT2D eigenvalue weighted by Crippen LogP contribution is 2.21. The lowest BCUT2D eigenvalue weighted by Gasteiger charge is -2.26. The standard InChI is InChI=1S/C18H26N4O/c1-12-8-9-14(11-19-12)18(6,7)20-16(23)15-10-13(2)22(21-15)17(3,4)5/h8-11H,1-7H3,(H,20,23). The number of aromatic nitrogens is 3. The molecule has 2 rings (SSSR count). The van der Waals surface area contributed by atoms with Gasteiger partial charge in [0, 0.05) is 17.6 Å². The molecule has 1 amide bonds. The summed E-state index contributed by atoms with van der Waals surface area (Å²) in [6, 6.07) is 5.76. The highest BCUT2D eigenvalue weighted by molar-refractivity contribution is 5.93. The van der Waals surface area contributed by atoms with Gasteiger partial charge in [-0.15, -0.1) is 0 Å². The molecule has 0 atom stereocenters. The molecule has 0 saturated carbocycles. The molecule has 5 heteroatoms. The minimum absolute atomic E-state index is 0.154. The lowest BCUT2D eigenvalue weighted by Crippen LogP contribution is -2.41. The van der Waals surface area contributed by atoms with Crippen molar-refractivity contribution in [2.45, 2.75) is 59.5 Å². The van der Waals surface area contributed by atoms with Crippen molar-refractivity contribution >= 4 is 5.91 Å². The molecule has 0 aliphatic carbocycles. The molecule has 0 saturated heterocycles. The van der Waals surface area contributed by atoms with Crippen LogP contribution in [-0.4, -0.2) is 20.7 Å².